The normalized spacial score (nSPS) is 19.3. The number of primary amides is 1. The zero-order valence-electron chi connectivity index (χ0n) is 13.9. The second-order valence-electron chi connectivity index (χ2n) is 6.33. The number of hydrogen-bond acceptors (Lipinski definition) is 4. The summed E-state index contributed by atoms with van der Waals surface area (Å²) >= 11 is 0. The van der Waals surface area contributed by atoms with Gasteiger partial charge in [0.2, 0.25) is 5.91 Å². The van der Waals surface area contributed by atoms with Gasteiger partial charge in [-0.2, -0.15) is 0 Å². The van der Waals surface area contributed by atoms with Gasteiger partial charge < -0.3 is 20.9 Å². The molecule has 0 saturated carbocycles. The zero-order valence-corrected chi connectivity index (χ0v) is 13.9. The highest BCUT2D eigenvalue weighted by atomic mass is 16.2. The van der Waals surface area contributed by atoms with Crippen LogP contribution < -0.4 is 11.1 Å². The third-order valence-electron chi connectivity index (χ3n) is 4.73. The lowest BCUT2D eigenvalue weighted by Crippen LogP contribution is -2.53. The molecule has 1 aromatic rings. The zero-order chi connectivity index (χ0) is 17.4. The number of nitrogens with one attached hydrogen (secondary N) is 1. The largest absolute Gasteiger partial charge is 0.352 e. The average molecular weight is 334 g/mol. The monoisotopic (exact) mass is 334 g/mol. The van der Waals surface area contributed by atoms with Crippen LogP contribution in [-0.4, -0.2) is 62.5 Å². The molecule has 3 N–H and O–H groups in total. The van der Waals surface area contributed by atoms with Crippen LogP contribution in [0.5, 0.6) is 0 Å². The summed E-state index contributed by atoms with van der Waals surface area (Å²) < 4.78 is 1.65. The standard InChI is InChI=1S/C15H22N6O3/c1-9(18-14(16)23)13(22)19-5-3-11(4-6-19)20-8-12-7-17-10(2)21(12)15(20)24/h7,9,11H,3-6,8H2,1-2H3,(H3,16,18,23)/t9-/m1/s1. The van der Waals surface area contributed by atoms with Crippen LogP contribution in [0, 0.1) is 6.92 Å². The molecule has 1 atom stereocenters. The highest BCUT2D eigenvalue weighted by Gasteiger charge is 2.36. The van der Waals surface area contributed by atoms with Crippen molar-refractivity contribution in [3.05, 3.63) is 17.7 Å². The van der Waals surface area contributed by atoms with E-state index in [2.05, 4.69) is 10.3 Å². The lowest BCUT2D eigenvalue weighted by atomic mass is 10.0. The van der Waals surface area contributed by atoms with Crippen LogP contribution in [0.25, 0.3) is 0 Å². The number of likely N-dealkylation sites (tertiary alicyclic amines) is 1. The van der Waals surface area contributed by atoms with E-state index in [1.165, 1.54) is 0 Å². The van der Waals surface area contributed by atoms with Crippen LogP contribution in [0.4, 0.5) is 9.59 Å². The number of imidazole rings is 1. The molecule has 24 heavy (non-hydrogen) atoms. The van der Waals surface area contributed by atoms with Crippen molar-refractivity contribution in [3.63, 3.8) is 0 Å². The Morgan fingerprint density at radius 2 is 2.04 bits per heavy atom. The summed E-state index contributed by atoms with van der Waals surface area (Å²) in [6, 6.07) is -1.27. The third-order valence-corrected chi connectivity index (χ3v) is 4.73. The van der Waals surface area contributed by atoms with E-state index in [0.717, 1.165) is 18.5 Å². The maximum Gasteiger partial charge on any atom is 0.330 e. The van der Waals surface area contributed by atoms with Gasteiger partial charge in [-0.3, -0.25) is 9.36 Å². The number of carbonyl (C=O) groups is 3. The Kier molecular flexibility index (Phi) is 4.16. The Balaban J connectivity index is 1.57. The first kappa shape index (κ1) is 16.3. The third kappa shape index (κ3) is 2.81. The Morgan fingerprint density at radius 1 is 1.38 bits per heavy atom. The van der Waals surface area contributed by atoms with Crippen molar-refractivity contribution in [1.29, 1.82) is 0 Å². The molecule has 0 aliphatic carbocycles. The molecule has 1 saturated heterocycles. The Hall–Kier alpha value is -2.58. The quantitative estimate of drug-likeness (QED) is 0.811. The fourth-order valence-electron chi connectivity index (χ4n) is 3.47. The van der Waals surface area contributed by atoms with Gasteiger partial charge in [0.1, 0.15) is 11.9 Å². The number of aromatic nitrogens is 2. The minimum atomic E-state index is -0.709. The number of urea groups is 1. The molecule has 9 nitrogen and oxygen atoms in total. The summed E-state index contributed by atoms with van der Waals surface area (Å²) in [4.78, 5) is 43.4. The van der Waals surface area contributed by atoms with Crippen LogP contribution in [-0.2, 0) is 11.3 Å². The van der Waals surface area contributed by atoms with Crippen LogP contribution in [0.3, 0.4) is 0 Å². The highest BCUT2D eigenvalue weighted by Crippen LogP contribution is 2.26. The maximum atomic E-state index is 12.5. The number of aryl methyl sites for hydroxylation is 1. The number of rotatable bonds is 3. The van der Waals surface area contributed by atoms with Crippen LogP contribution >= 0.6 is 0 Å². The van der Waals surface area contributed by atoms with Crippen molar-refractivity contribution >= 4 is 18.0 Å². The van der Waals surface area contributed by atoms with Gasteiger partial charge in [-0.1, -0.05) is 0 Å². The van der Waals surface area contributed by atoms with Gasteiger partial charge in [-0.15, -0.1) is 0 Å². The predicted octanol–water partition coefficient (Wildman–Crippen LogP) is 0.0230. The van der Waals surface area contributed by atoms with Crippen molar-refractivity contribution in [2.75, 3.05) is 13.1 Å². The average Bonchev–Trinajstić information content (AvgIpc) is 3.07. The SMILES string of the molecule is Cc1ncc2n1C(=O)N(C1CCN(C(=O)[C@@H](C)NC(N)=O)CC1)C2. The van der Waals surface area contributed by atoms with Crippen molar-refractivity contribution in [2.24, 2.45) is 5.73 Å². The molecule has 0 radical (unpaired) electrons. The van der Waals surface area contributed by atoms with Gasteiger partial charge in [0, 0.05) is 19.1 Å². The molecule has 2 aliphatic rings. The summed E-state index contributed by atoms with van der Waals surface area (Å²) in [5, 5.41) is 2.40. The number of nitrogens with zero attached hydrogens (tertiary/aromatic N) is 4. The number of amides is 4. The molecule has 0 aromatic carbocycles. The molecule has 3 rings (SSSR count). The molecular formula is C15H22N6O3. The van der Waals surface area contributed by atoms with E-state index >= 15 is 0 Å². The van der Waals surface area contributed by atoms with E-state index in [-0.39, 0.29) is 18.0 Å². The topological polar surface area (TPSA) is 114 Å². The van der Waals surface area contributed by atoms with E-state index < -0.39 is 12.1 Å². The summed E-state index contributed by atoms with van der Waals surface area (Å²) in [7, 11) is 0. The van der Waals surface area contributed by atoms with Crippen molar-refractivity contribution in [1.82, 2.24) is 24.7 Å². The van der Waals surface area contributed by atoms with E-state index in [4.69, 9.17) is 5.73 Å². The fourth-order valence-corrected chi connectivity index (χ4v) is 3.47. The van der Waals surface area contributed by atoms with Crippen molar-refractivity contribution < 1.29 is 14.4 Å². The molecule has 9 heteroatoms. The second kappa shape index (κ2) is 6.14. The minimum absolute atomic E-state index is 0.0338. The summed E-state index contributed by atoms with van der Waals surface area (Å²) in [6.45, 7) is 5.12. The highest BCUT2D eigenvalue weighted by molar-refractivity contribution is 5.86. The van der Waals surface area contributed by atoms with Gasteiger partial charge in [0.15, 0.2) is 0 Å². The molecule has 0 bridgehead atoms. The van der Waals surface area contributed by atoms with Crippen LogP contribution in [0.2, 0.25) is 0 Å². The first-order chi connectivity index (χ1) is 11.4. The summed E-state index contributed by atoms with van der Waals surface area (Å²) in [5.74, 6) is 0.558. The lowest BCUT2D eigenvalue weighted by molar-refractivity contribution is -0.134. The van der Waals surface area contributed by atoms with Gasteiger partial charge in [0.05, 0.1) is 18.4 Å². The molecule has 130 valence electrons. The van der Waals surface area contributed by atoms with Gasteiger partial charge >= 0.3 is 12.1 Å². The summed E-state index contributed by atoms with van der Waals surface area (Å²) in [5.41, 5.74) is 5.96. The number of piperidine rings is 1. The molecule has 0 unspecified atom stereocenters. The van der Waals surface area contributed by atoms with Gasteiger partial charge in [0.25, 0.3) is 0 Å². The van der Waals surface area contributed by atoms with E-state index in [9.17, 15) is 14.4 Å². The van der Waals surface area contributed by atoms with Gasteiger partial charge in [-0.05, 0) is 26.7 Å². The number of hydrogen-bond donors (Lipinski definition) is 2. The lowest BCUT2D eigenvalue weighted by Gasteiger charge is -2.37. The predicted molar refractivity (Wildman–Crippen MR) is 85.1 cm³/mol. The second-order valence-corrected chi connectivity index (χ2v) is 6.33. The molecular weight excluding hydrogens is 312 g/mol. The molecule has 1 fully saturated rings. The molecule has 3 heterocycles. The van der Waals surface area contributed by atoms with Crippen LogP contribution in [0.1, 0.15) is 31.3 Å². The fraction of sp³-hybridized carbons (Fsp3) is 0.600. The number of fused-ring (bicyclic) bond motifs is 1. The van der Waals surface area contributed by atoms with Crippen molar-refractivity contribution in [2.45, 2.75) is 45.3 Å². The molecule has 0 spiro atoms. The number of nitrogens with two attached hydrogens (primary N) is 1. The van der Waals surface area contributed by atoms with E-state index in [0.29, 0.717) is 25.5 Å². The first-order valence-corrected chi connectivity index (χ1v) is 8.07. The van der Waals surface area contributed by atoms with Crippen LogP contribution in [0.15, 0.2) is 6.20 Å². The molecule has 2 aliphatic heterocycles. The van der Waals surface area contributed by atoms with E-state index in [1.54, 1.807) is 22.6 Å². The van der Waals surface area contributed by atoms with Gasteiger partial charge in [-0.25, -0.2) is 14.6 Å². The molecule has 1 aromatic heterocycles. The summed E-state index contributed by atoms with van der Waals surface area (Å²) in [6.07, 6.45) is 3.18. The maximum absolute atomic E-state index is 12.5. The Labute approximate surface area is 139 Å². The van der Waals surface area contributed by atoms with Crippen molar-refractivity contribution in [3.8, 4) is 0 Å². The first-order valence-electron chi connectivity index (χ1n) is 8.07. The number of carbonyl (C=O) groups excluding carboxylic acids is 3. The Morgan fingerprint density at radius 3 is 2.62 bits per heavy atom. The Bertz CT molecular complexity index is 677. The molecule has 4 amide bonds. The minimum Gasteiger partial charge on any atom is -0.352 e. The smallest absolute Gasteiger partial charge is 0.330 e. The van der Waals surface area contributed by atoms with E-state index in [1.807, 2.05) is 11.8 Å².